The number of hydrogen-bond donors (Lipinski definition) is 2. The summed E-state index contributed by atoms with van der Waals surface area (Å²) in [5, 5.41) is 6.40. The summed E-state index contributed by atoms with van der Waals surface area (Å²) < 4.78 is 12.3. The van der Waals surface area contributed by atoms with E-state index in [4.69, 9.17) is 9.47 Å². The SMILES string of the molecule is CCCCNC(=O)C(=O)N/N=C\c1cccc(OC)c1OCc1ccc(Br)cc1. The van der Waals surface area contributed by atoms with Gasteiger partial charge in [-0.25, -0.2) is 5.43 Å². The van der Waals surface area contributed by atoms with Crippen LogP contribution in [0.5, 0.6) is 11.5 Å². The Morgan fingerprint density at radius 3 is 2.59 bits per heavy atom. The Morgan fingerprint density at radius 2 is 1.90 bits per heavy atom. The van der Waals surface area contributed by atoms with Gasteiger partial charge in [-0.15, -0.1) is 0 Å². The molecule has 2 rings (SSSR count). The van der Waals surface area contributed by atoms with E-state index in [1.165, 1.54) is 6.21 Å². The summed E-state index contributed by atoms with van der Waals surface area (Å²) in [6.07, 6.45) is 3.15. The Hall–Kier alpha value is -2.87. The average molecular weight is 462 g/mol. The number of carbonyl (C=O) groups excluding carboxylic acids is 2. The molecule has 0 aliphatic rings. The van der Waals surface area contributed by atoms with Gasteiger partial charge in [-0.05, 0) is 36.2 Å². The molecule has 0 atom stereocenters. The quantitative estimate of drug-likeness (QED) is 0.259. The zero-order valence-electron chi connectivity index (χ0n) is 16.4. The van der Waals surface area contributed by atoms with Crippen molar-refractivity contribution in [2.75, 3.05) is 13.7 Å². The van der Waals surface area contributed by atoms with Crippen LogP contribution in [-0.2, 0) is 16.2 Å². The van der Waals surface area contributed by atoms with Gasteiger partial charge in [-0.3, -0.25) is 9.59 Å². The number of methoxy groups -OCH3 is 1. The summed E-state index contributed by atoms with van der Waals surface area (Å²) >= 11 is 3.40. The number of nitrogens with zero attached hydrogens (tertiary/aromatic N) is 1. The third-order valence-corrected chi connectivity index (χ3v) is 4.45. The van der Waals surface area contributed by atoms with Crippen molar-refractivity contribution in [3.8, 4) is 11.5 Å². The standard InChI is InChI=1S/C21H24BrN3O4/c1-3-4-12-23-20(26)21(27)25-24-13-16-6-5-7-18(28-2)19(16)29-14-15-8-10-17(22)11-9-15/h5-11,13H,3-4,12,14H2,1-2H3,(H,23,26)(H,25,27)/b24-13-. The van der Waals surface area contributed by atoms with Crippen molar-refractivity contribution in [3.63, 3.8) is 0 Å². The molecule has 2 N–H and O–H groups in total. The van der Waals surface area contributed by atoms with E-state index < -0.39 is 11.8 Å². The minimum atomic E-state index is -0.822. The second-order valence-corrected chi connectivity index (χ2v) is 7.02. The van der Waals surface area contributed by atoms with Crippen LogP contribution in [0.4, 0.5) is 0 Å². The molecule has 0 heterocycles. The number of rotatable bonds is 9. The highest BCUT2D eigenvalue weighted by Gasteiger charge is 2.12. The molecule has 154 valence electrons. The van der Waals surface area contributed by atoms with Gasteiger partial charge in [0.1, 0.15) is 6.61 Å². The molecule has 2 amide bonds. The Bertz CT molecular complexity index is 854. The lowest BCUT2D eigenvalue weighted by molar-refractivity contribution is -0.139. The van der Waals surface area contributed by atoms with Gasteiger partial charge < -0.3 is 14.8 Å². The first-order valence-corrected chi connectivity index (χ1v) is 10.00. The fourth-order valence-electron chi connectivity index (χ4n) is 2.36. The van der Waals surface area contributed by atoms with Gasteiger partial charge in [0.2, 0.25) is 0 Å². The van der Waals surface area contributed by atoms with Gasteiger partial charge >= 0.3 is 11.8 Å². The molecule has 0 spiro atoms. The van der Waals surface area contributed by atoms with Crippen LogP contribution in [0, 0.1) is 0 Å². The maximum absolute atomic E-state index is 11.8. The molecule has 29 heavy (non-hydrogen) atoms. The van der Waals surface area contributed by atoms with Crippen LogP contribution >= 0.6 is 15.9 Å². The number of nitrogens with one attached hydrogen (secondary N) is 2. The Kier molecular flexibility index (Phi) is 9.17. The number of ether oxygens (including phenoxy) is 2. The monoisotopic (exact) mass is 461 g/mol. The Balaban J connectivity index is 2.04. The van der Waals surface area contributed by atoms with E-state index in [0.29, 0.717) is 30.2 Å². The van der Waals surface area contributed by atoms with E-state index in [1.54, 1.807) is 25.3 Å². The molecule has 0 bridgehead atoms. The summed E-state index contributed by atoms with van der Waals surface area (Å²) in [5.41, 5.74) is 3.81. The van der Waals surface area contributed by atoms with Crippen molar-refractivity contribution in [2.24, 2.45) is 5.10 Å². The predicted molar refractivity (Wildman–Crippen MR) is 115 cm³/mol. The van der Waals surface area contributed by atoms with E-state index in [1.807, 2.05) is 31.2 Å². The first kappa shape index (κ1) is 22.4. The van der Waals surface area contributed by atoms with Gasteiger partial charge in [0.15, 0.2) is 11.5 Å². The van der Waals surface area contributed by atoms with Gasteiger partial charge in [-0.2, -0.15) is 5.10 Å². The van der Waals surface area contributed by atoms with Crippen LogP contribution in [-0.4, -0.2) is 31.7 Å². The van der Waals surface area contributed by atoms with Crippen LogP contribution in [0.2, 0.25) is 0 Å². The van der Waals surface area contributed by atoms with Crippen molar-refractivity contribution in [1.82, 2.24) is 10.7 Å². The molecule has 7 nitrogen and oxygen atoms in total. The zero-order valence-corrected chi connectivity index (χ0v) is 18.0. The molecule has 0 fully saturated rings. The minimum absolute atomic E-state index is 0.334. The van der Waals surface area contributed by atoms with Crippen LogP contribution in [0.3, 0.4) is 0 Å². The normalized spacial score (nSPS) is 10.6. The summed E-state index contributed by atoms with van der Waals surface area (Å²) in [5.74, 6) is -0.511. The highest BCUT2D eigenvalue weighted by atomic mass is 79.9. The smallest absolute Gasteiger partial charge is 0.329 e. The first-order valence-electron chi connectivity index (χ1n) is 9.20. The molecule has 2 aromatic carbocycles. The second kappa shape index (κ2) is 11.9. The van der Waals surface area contributed by atoms with Crippen LogP contribution in [0.1, 0.15) is 30.9 Å². The molecule has 0 aliphatic carbocycles. The second-order valence-electron chi connectivity index (χ2n) is 6.10. The van der Waals surface area contributed by atoms with Gasteiger partial charge in [-0.1, -0.05) is 47.5 Å². The van der Waals surface area contributed by atoms with Crippen molar-refractivity contribution in [3.05, 3.63) is 58.1 Å². The summed E-state index contributed by atoms with van der Waals surface area (Å²) in [6.45, 7) is 2.79. The lowest BCUT2D eigenvalue weighted by Crippen LogP contribution is -2.38. The molecule has 0 saturated carbocycles. The van der Waals surface area contributed by atoms with Crippen molar-refractivity contribution in [1.29, 1.82) is 0 Å². The molecular formula is C21H24BrN3O4. The largest absolute Gasteiger partial charge is 0.493 e. The van der Waals surface area contributed by atoms with E-state index in [2.05, 4.69) is 31.8 Å². The number of para-hydroxylation sites is 1. The number of unbranched alkanes of at least 4 members (excludes halogenated alkanes) is 1. The molecule has 0 unspecified atom stereocenters. The van der Waals surface area contributed by atoms with Crippen molar-refractivity contribution in [2.45, 2.75) is 26.4 Å². The molecule has 2 aromatic rings. The molecule has 0 saturated heterocycles. The number of hydrazone groups is 1. The lowest BCUT2D eigenvalue weighted by Gasteiger charge is -2.13. The van der Waals surface area contributed by atoms with Crippen molar-refractivity contribution >= 4 is 34.0 Å². The lowest BCUT2D eigenvalue weighted by atomic mass is 10.2. The number of carbonyl (C=O) groups is 2. The average Bonchev–Trinajstić information content (AvgIpc) is 2.73. The number of benzene rings is 2. The van der Waals surface area contributed by atoms with Crippen LogP contribution < -0.4 is 20.2 Å². The molecule has 0 radical (unpaired) electrons. The van der Waals surface area contributed by atoms with Crippen LogP contribution in [0.25, 0.3) is 0 Å². The van der Waals surface area contributed by atoms with Crippen molar-refractivity contribution < 1.29 is 19.1 Å². The van der Waals surface area contributed by atoms with Crippen LogP contribution in [0.15, 0.2) is 52.0 Å². The van der Waals surface area contributed by atoms with Gasteiger partial charge in [0.25, 0.3) is 0 Å². The fourth-order valence-corrected chi connectivity index (χ4v) is 2.62. The number of halogens is 1. The van der Waals surface area contributed by atoms with Gasteiger partial charge in [0.05, 0.1) is 13.3 Å². The van der Waals surface area contributed by atoms with E-state index in [9.17, 15) is 9.59 Å². The highest BCUT2D eigenvalue weighted by molar-refractivity contribution is 9.10. The maximum atomic E-state index is 11.8. The Morgan fingerprint density at radius 1 is 1.14 bits per heavy atom. The van der Waals surface area contributed by atoms with Gasteiger partial charge in [0, 0.05) is 16.6 Å². The van der Waals surface area contributed by atoms with E-state index in [0.717, 1.165) is 22.9 Å². The summed E-state index contributed by atoms with van der Waals surface area (Å²) in [4.78, 5) is 23.4. The molecule has 0 aromatic heterocycles. The third kappa shape index (κ3) is 7.23. The Labute approximate surface area is 178 Å². The predicted octanol–water partition coefficient (Wildman–Crippen LogP) is 3.40. The maximum Gasteiger partial charge on any atom is 0.329 e. The molecular weight excluding hydrogens is 438 g/mol. The molecule has 0 aliphatic heterocycles. The van der Waals surface area contributed by atoms with E-state index in [-0.39, 0.29) is 0 Å². The number of hydrogen-bond acceptors (Lipinski definition) is 5. The zero-order chi connectivity index (χ0) is 21.1. The topological polar surface area (TPSA) is 89.0 Å². The number of amides is 2. The fraction of sp³-hybridized carbons (Fsp3) is 0.286. The summed E-state index contributed by atoms with van der Waals surface area (Å²) in [7, 11) is 1.55. The minimum Gasteiger partial charge on any atom is -0.493 e. The first-order chi connectivity index (χ1) is 14.0. The molecule has 8 heteroatoms. The van der Waals surface area contributed by atoms with E-state index >= 15 is 0 Å². The third-order valence-electron chi connectivity index (χ3n) is 3.92. The summed E-state index contributed by atoms with van der Waals surface area (Å²) in [6, 6.07) is 13.1. The highest BCUT2D eigenvalue weighted by Crippen LogP contribution is 2.31.